The summed E-state index contributed by atoms with van der Waals surface area (Å²) >= 11 is 0. The molecule has 11 nitrogen and oxygen atoms in total. The van der Waals surface area contributed by atoms with Gasteiger partial charge in [-0.3, -0.25) is 0 Å². The Hall–Kier alpha value is -1.15. The molecule has 0 radical (unpaired) electrons. The Morgan fingerprint density at radius 3 is 2.33 bits per heavy atom. The highest BCUT2D eigenvalue weighted by molar-refractivity contribution is 5.85. The van der Waals surface area contributed by atoms with Crippen molar-refractivity contribution < 1.29 is 53.6 Å². The number of ether oxygens (including phenoxy) is 6. The molecule has 7 unspecified atom stereocenters. The first-order valence-corrected chi connectivity index (χ1v) is 19.6. The molecule has 0 amide bonds. The molecule has 5 aliphatic rings. The second kappa shape index (κ2) is 15.5. The van der Waals surface area contributed by atoms with Gasteiger partial charge in [0.05, 0.1) is 60.5 Å². The Kier molecular flexibility index (Phi) is 12.5. The van der Waals surface area contributed by atoms with Crippen molar-refractivity contribution in [2.75, 3.05) is 13.7 Å². The second-order valence-corrected chi connectivity index (χ2v) is 17.8. The van der Waals surface area contributed by atoms with Crippen LogP contribution in [-0.2, 0) is 33.2 Å². The van der Waals surface area contributed by atoms with E-state index in [0.717, 1.165) is 32.1 Å². The number of hydrogen-bond donors (Lipinski definition) is 4. The minimum atomic E-state index is -1.56. The highest BCUT2D eigenvalue weighted by Crippen LogP contribution is 2.57. The molecule has 17 atom stereocenters. The van der Waals surface area contributed by atoms with Gasteiger partial charge in [-0.2, -0.15) is 0 Å². The number of aliphatic carboxylic acids is 1. The van der Waals surface area contributed by atoms with Crippen LogP contribution in [0.1, 0.15) is 120 Å². The largest absolute Gasteiger partial charge is 0.478 e. The number of aliphatic hydroxyl groups excluding tert-OH is 2. The van der Waals surface area contributed by atoms with E-state index in [1.54, 1.807) is 20.1 Å². The highest BCUT2D eigenvalue weighted by atomic mass is 16.7. The van der Waals surface area contributed by atoms with E-state index in [1.165, 1.54) is 0 Å². The lowest BCUT2D eigenvalue weighted by Gasteiger charge is -2.50. The third kappa shape index (κ3) is 8.13. The molecule has 0 aliphatic carbocycles. The molecular formula is C40H68O11. The summed E-state index contributed by atoms with van der Waals surface area (Å²) in [5.41, 5.74) is -0.818. The third-order valence-corrected chi connectivity index (χ3v) is 13.5. The number of aliphatic hydroxyl groups is 3. The molecule has 0 aromatic heterocycles. The zero-order valence-electron chi connectivity index (χ0n) is 32.8. The van der Waals surface area contributed by atoms with Crippen LogP contribution in [-0.4, -0.2) is 106 Å². The summed E-state index contributed by atoms with van der Waals surface area (Å²) in [6.45, 7) is 18.0. The normalized spacial score (nSPS) is 49.0. The number of carbonyl (C=O) groups is 1. The number of carboxylic acid groups (broad SMARTS) is 1. The first-order valence-electron chi connectivity index (χ1n) is 19.6. The number of carboxylic acids is 1. The topological polar surface area (TPSA) is 153 Å². The lowest BCUT2D eigenvalue weighted by Crippen LogP contribution is -2.58. The van der Waals surface area contributed by atoms with Gasteiger partial charge in [-0.1, -0.05) is 47.6 Å². The minimum Gasteiger partial charge on any atom is -0.478 e. The fourth-order valence-corrected chi connectivity index (χ4v) is 10.5. The Bertz CT molecular complexity index is 1240. The summed E-state index contributed by atoms with van der Waals surface area (Å²) in [5, 5.41) is 41.2. The maximum atomic E-state index is 11.2. The molecule has 0 saturated carbocycles. The molecule has 5 fully saturated rings. The predicted molar refractivity (Wildman–Crippen MR) is 191 cm³/mol. The van der Waals surface area contributed by atoms with Gasteiger partial charge in [0, 0.05) is 36.9 Å². The number of rotatable bonds is 12. The van der Waals surface area contributed by atoms with Crippen molar-refractivity contribution in [3.8, 4) is 0 Å². The van der Waals surface area contributed by atoms with Gasteiger partial charge in [0.15, 0.2) is 11.6 Å². The van der Waals surface area contributed by atoms with E-state index in [-0.39, 0.29) is 72.1 Å². The van der Waals surface area contributed by atoms with Crippen molar-refractivity contribution >= 4 is 5.97 Å². The van der Waals surface area contributed by atoms with Gasteiger partial charge in [-0.05, 0) is 89.9 Å². The summed E-state index contributed by atoms with van der Waals surface area (Å²) < 4.78 is 40.1. The van der Waals surface area contributed by atoms with Gasteiger partial charge in [0.25, 0.3) is 0 Å². The van der Waals surface area contributed by atoms with Gasteiger partial charge >= 0.3 is 5.97 Å². The van der Waals surface area contributed by atoms with E-state index in [2.05, 4.69) is 41.5 Å². The van der Waals surface area contributed by atoms with E-state index in [1.807, 2.05) is 13.8 Å². The number of allylic oxidation sites excluding steroid dienone is 1. The van der Waals surface area contributed by atoms with Crippen LogP contribution < -0.4 is 0 Å². The van der Waals surface area contributed by atoms with E-state index < -0.39 is 41.5 Å². The van der Waals surface area contributed by atoms with E-state index >= 15 is 0 Å². The lowest BCUT2D eigenvalue weighted by molar-refractivity contribution is -0.352. The van der Waals surface area contributed by atoms with Gasteiger partial charge in [0.1, 0.15) is 0 Å². The van der Waals surface area contributed by atoms with Gasteiger partial charge in [0.2, 0.25) is 0 Å². The zero-order chi connectivity index (χ0) is 37.7. The van der Waals surface area contributed by atoms with Gasteiger partial charge in [-0.15, -0.1) is 0 Å². The van der Waals surface area contributed by atoms with Crippen molar-refractivity contribution in [3.63, 3.8) is 0 Å². The van der Waals surface area contributed by atoms with Crippen LogP contribution >= 0.6 is 0 Å². The van der Waals surface area contributed by atoms with Crippen molar-refractivity contribution in [1.29, 1.82) is 0 Å². The minimum absolute atomic E-state index is 0.0404. The first kappa shape index (κ1) is 41.0. The highest BCUT2D eigenvalue weighted by Gasteiger charge is 2.65. The molecule has 11 heteroatoms. The summed E-state index contributed by atoms with van der Waals surface area (Å²) in [4.78, 5) is 11.2. The average molecular weight is 725 g/mol. The maximum absolute atomic E-state index is 11.2. The van der Waals surface area contributed by atoms with Gasteiger partial charge < -0.3 is 48.8 Å². The molecule has 5 saturated heterocycles. The second-order valence-electron chi connectivity index (χ2n) is 17.8. The Morgan fingerprint density at radius 1 is 0.980 bits per heavy atom. The molecule has 0 bridgehead atoms. The van der Waals surface area contributed by atoms with Gasteiger partial charge in [-0.25, -0.2) is 4.79 Å². The first-order chi connectivity index (χ1) is 23.8. The van der Waals surface area contributed by atoms with Crippen LogP contribution in [0.25, 0.3) is 0 Å². The number of methoxy groups -OCH3 is 1. The monoisotopic (exact) mass is 724 g/mol. The van der Waals surface area contributed by atoms with E-state index in [9.17, 15) is 25.2 Å². The van der Waals surface area contributed by atoms with E-state index in [0.29, 0.717) is 31.3 Å². The lowest BCUT2D eigenvalue weighted by atomic mass is 9.78. The van der Waals surface area contributed by atoms with Crippen molar-refractivity contribution in [1.82, 2.24) is 0 Å². The molecule has 5 heterocycles. The summed E-state index contributed by atoms with van der Waals surface area (Å²) in [7, 11) is 1.73. The smallest absolute Gasteiger partial charge is 0.330 e. The number of hydrogen-bond acceptors (Lipinski definition) is 10. The van der Waals surface area contributed by atoms with Crippen LogP contribution in [0.15, 0.2) is 11.6 Å². The maximum Gasteiger partial charge on any atom is 0.330 e. The van der Waals surface area contributed by atoms with Crippen LogP contribution in [0, 0.1) is 35.5 Å². The fraction of sp³-hybridized carbons (Fsp3) is 0.925. The quantitative estimate of drug-likeness (QED) is 0.186. The predicted octanol–water partition coefficient (Wildman–Crippen LogP) is 5.61. The van der Waals surface area contributed by atoms with Crippen LogP contribution in [0.4, 0.5) is 0 Å². The van der Waals surface area contributed by atoms with E-state index in [4.69, 9.17) is 28.4 Å². The molecule has 294 valence electrons. The Balaban J connectivity index is 1.24. The fourth-order valence-electron chi connectivity index (χ4n) is 10.5. The SMILES string of the molecule is CO[C@@H]1CC(CC(O)CCC(C)/C=C(\C)C(=O)O)OC2(O[C@](C)(C3CC[C@@](C)(C4O[C@@H]([C@H]5O[C@@](O)(CO)[C@H](C)C[C@@H]5C)C[C@@H]4C)O3)CC2C)[C@@H]1C. The van der Waals surface area contributed by atoms with Crippen molar-refractivity contribution in [3.05, 3.63) is 11.6 Å². The van der Waals surface area contributed by atoms with Crippen LogP contribution in [0.2, 0.25) is 0 Å². The van der Waals surface area contributed by atoms with Crippen LogP contribution in [0.3, 0.4) is 0 Å². The Labute approximate surface area is 305 Å². The molecule has 1 spiro atoms. The summed E-state index contributed by atoms with van der Waals surface area (Å²) in [6.07, 6.45) is 6.24. The molecule has 5 rings (SSSR count). The molecule has 51 heavy (non-hydrogen) atoms. The molecule has 5 aliphatic heterocycles. The summed E-state index contributed by atoms with van der Waals surface area (Å²) in [5.74, 6) is -3.08. The molecule has 4 N–H and O–H groups in total. The molecular weight excluding hydrogens is 656 g/mol. The van der Waals surface area contributed by atoms with Crippen LogP contribution in [0.5, 0.6) is 0 Å². The molecule has 0 aromatic rings. The molecule has 0 aromatic carbocycles. The average Bonchev–Trinajstić information content (AvgIpc) is 3.74. The Morgan fingerprint density at radius 2 is 1.69 bits per heavy atom. The van der Waals surface area contributed by atoms with Crippen molar-refractivity contribution in [2.24, 2.45) is 35.5 Å². The summed E-state index contributed by atoms with van der Waals surface area (Å²) in [6, 6.07) is 0. The zero-order valence-corrected chi connectivity index (χ0v) is 32.8. The van der Waals surface area contributed by atoms with Crippen molar-refractivity contribution in [2.45, 2.75) is 186 Å². The third-order valence-electron chi connectivity index (χ3n) is 13.5. The standard InChI is InChI=1S/C40H68O11/c1-22(15-25(4)36(43)44)11-12-29(42)18-30-19-31(46-10)28(7)40(48-30)27(6)20-38(9,51-40)33-13-14-37(8,49-33)35-24(3)17-32(47-35)34-23(2)16-26(5)39(45,21-41)50-34/h15,22-24,26-35,41-42,45H,11-14,16-21H2,1-10H3,(H,43,44)/b25-15+/t22?,23-,24-,26+,27?,28+,29?,30?,31+,32+,33?,34-,35?,37-,38-,39-,40?/m0/s1.